The van der Waals surface area contributed by atoms with Crippen LogP contribution in [0.2, 0.25) is 0 Å². The van der Waals surface area contributed by atoms with E-state index in [0.29, 0.717) is 13.0 Å². The number of hydrogen-bond acceptors (Lipinski definition) is 2. The van der Waals surface area contributed by atoms with Gasteiger partial charge in [0.2, 0.25) is 5.91 Å². The van der Waals surface area contributed by atoms with Gasteiger partial charge >= 0.3 is 0 Å². The van der Waals surface area contributed by atoms with Crippen LogP contribution in [0.4, 0.5) is 5.69 Å². The van der Waals surface area contributed by atoms with E-state index in [4.69, 9.17) is 4.98 Å². The van der Waals surface area contributed by atoms with E-state index in [0.717, 1.165) is 33.6 Å². The third kappa shape index (κ3) is 3.43. The molecule has 0 bridgehead atoms. The molecule has 1 aliphatic heterocycles. The topological polar surface area (TPSA) is 38.1 Å². The summed E-state index contributed by atoms with van der Waals surface area (Å²) in [6, 6.07) is 24.7. The number of rotatable bonds is 4. The summed E-state index contributed by atoms with van der Waals surface area (Å²) in [5.41, 5.74) is 5.49. The van der Waals surface area contributed by atoms with Crippen LogP contribution in [-0.2, 0) is 11.3 Å². The van der Waals surface area contributed by atoms with Crippen LogP contribution in [-0.4, -0.2) is 22.0 Å². The molecule has 4 aromatic rings. The average Bonchev–Trinajstić information content (AvgIpc) is 3.31. The van der Waals surface area contributed by atoms with Gasteiger partial charge in [0.05, 0.1) is 16.7 Å². The molecule has 0 radical (unpaired) electrons. The number of aromatic nitrogens is 2. The Morgan fingerprint density at radius 3 is 2.53 bits per heavy atom. The number of halogens is 1. The zero-order chi connectivity index (χ0) is 20.7. The van der Waals surface area contributed by atoms with Crippen molar-refractivity contribution in [2.45, 2.75) is 25.8 Å². The fourth-order valence-corrected chi connectivity index (χ4v) is 4.73. The van der Waals surface area contributed by atoms with Gasteiger partial charge in [-0.25, -0.2) is 4.98 Å². The molecule has 0 saturated carbocycles. The van der Waals surface area contributed by atoms with Gasteiger partial charge in [-0.05, 0) is 52.7 Å². The second kappa shape index (κ2) is 7.73. The molecule has 0 unspecified atom stereocenters. The second-order valence-corrected chi connectivity index (χ2v) is 8.74. The van der Waals surface area contributed by atoms with Gasteiger partial charge in [0.1, 0.15) is 5.82 Å². The van der Waals surface area contributed by atoms with Crippen LogP contribution in [0.15, 0.2) is 77.3 Å². The Kier molecular flexibility index (Phi) is 4.91. The largest absolute Gasteiger partial charge is 0.323 e. The quantitative estimate of drug-likeness (QED) is 0.393. The van der Waals surface area contributed by atoms with E-state index in [1.54, 1.807) is 0 Å². The fraction of sp³-hybridized carbons (Fsp3) is 0.200. The molecule has 1 saturated heterocycles. The smallest absolute Gasteiger partial charge is 0.227 e. The molecule has 0 N–H and O–H groups in total. The number of benzene rings is 3. The first-order chi connectivity index (χ1) is 14.6. The van der Waals surface area contributed by atoms with E-state index in [9.17, 15) is 4.79 Å². The molecule has 0 spiro atoms. The standard InChI is InChI=1S/C25H22BrN3O/c1-17-10-12-18(13-11-17)15-29-23-9-5-3-7-21(23)27-25(29)19-14-24(30)28(16-19)22-8-4-2-6-20(22)26/h2-13,19H,14-16H2,1H3/t19-/m0/s1. The summed E-state index contributed by atoms with van der Waals surface area (Å²) in [7, 11) is 0. The number of hydrogen-bond donors (Lipinski definition) is 0. The van der Waals surface area contributed by atoms with E-state index in [2.05, 4.69) is 57.8 Å². The monoisotopic (exact) mass is 459 g/mol. The number of carbonyl (C=O) groups is 1. The number of imidazole rings is 1. The van der Waals surface area contributed by atoms with E-state index < -0.39 is 0 Å². The third-order valence-electron chi connectivity index (χ3n) is 5.78. The van der Waals surface area contributed by atoms with Crippen LogP contribution >= 0.6 is 15.9 Å². The van der Waals surface area contributed by atoms with Crippen molar-refractivity contribution in [2.24, 2.45) is 0 Å². The predicted molar refractivity (Wildman–Crippen MR) is 124 cm³/mol. The summed E-state index contributed by atoms with van der Waals surface area (Å²) in [5.74, 6) is 1.18. The molecule has 5 heteroatoms. The minimum absolute atomic E-state index is 0.0578. The molecular weight excluding hydrogens is 438 g/mol. The Bertz CT molecular complexity index is 1230. The highest BCUT2D eigenvalue weighted by molar-refractivity contribution is 9.10. The lowest BCUT2D eigenvalue weighted by molar-refractivity contribution is -0.117. The van der Waals surface area contributed by atoms with Crippen molar-refractivity contribution in [2.75, 3.05) is 11.4 Å². The molecule has 1 fully saturated rings. The van der Waals surface area contributed by atoms with Crippen molar-refractivity contribution in [1.29, 1.82) is 0 Å². The minimum atomic E-state index is 0.0578. The van der Waals surface area contributed by atoms with Crippen molar-refractivity contribution in [3.8, 4) is 0 Å². The highest BCUT2D eigenvalue weighted by Gasteiger charge is 2.35. The highest BCUT2D eigenvalue weighted by atomic mass is 79.9. The summed E-state index contributed by atoms with van der Waals surface area (Å²) >= 11 is 3.59. The SMILES string of the molecule is Cc1ccc(Cn2c([C@H]3CC(=O)N(c4ccccc4Br)C3)nc3ccccc32)cc1. The van der Waals surface area contributed by atoms with Gasteiger partial charge in [0.15, 0.2) is 0 Å². The van der Waals surface area contributed by atoms with Gasteiger partial charge < -0.3 is 9.47 Å². The molecule has 1 amide bonds. The van der Waals surface area contributed by atoms with Crippen LogP contribution in [0.25, 0.3) is 11.0 Å². The van der Waals surface area contributed by atoms with Crippen molar-refractivity contribution in [3.63, 3.8) is 0 Å². The molecule has 0 aliphatic carbocycles. The van der Waals surface area contributed by atoms with E-state index in [1.165, 1.54) is 11.1 Å². The van der Waals surface area contributed by atoms with Gasteiger partial charge in [-0.2, -0.15) is 0 Å². The summed E-state index contributed by atoms with van der Waals surface area (Å²) in [5, 5.41) is 0. The van der Waals surface area contributed by atoms with Crippen LogP contribution in [0.3, 0.4) is 0 Å². The van der Waals surface area contributed by atoms with E-state index in [1.807, 2.05) is 47.4 Å². The predicted octanol–water partition coefficient (Wildman–Crippen LogP) is 5.68. The summed E-state index contributed by atoms with van der Waals surface area (Å²) in [6.45, 7) is 3.48. The Labute approximate surface area is 184 Å². The zero-order valence-corrected chi connectivity index (χ0v) is 18.3. The van der Waals surface area contributed by atoms with Gasteiger partial charge in [-0.3, -0.25) is 4.79 Å². The Balaban J connectivity index is 1.53. The first-order valence-corrected chi connectivity index (χ1v) is 10.9. The maximum absolute atomic E-state index is 12.9. The van der Waals surface area contributed by atoms with E-state index in [-0.39, 0.29) is 11.8 Å². The van der Waals surface area contributed by atoms with Gasteiger partial charge in [-0.1, -0.05) is 54.1 Å². The Hall–Kier alpha value is -2.92. The number of fused-ring (bicyclic) bond motifs is 1. The Morgan fingerprint density at radius 2 is 1.73 bits per heavy atom. The first-order valence-electron chi connectivity index (χ1n) is 10.2. The molecular formula is C25H22BrN3O. The molecule has 3 aromatic carbocycles. The van der Waals surface area contributed by atoms with Gasteiger partial charge in [0, 0.05) is 29.9 Å². The molecule has 1 aromatic heterocycles. The molecule has 5 rings (SSSR count). The fourth-order valence-electron chi connectivity index (χ4n) is 4.23. The molecule has 30 heavy (non-hydrogen) atoms. The second-order valence-electron chi connectivity index (χ2n) is 7.89. The van der Waals surface area contributed by atoms with Crippen LogP contribution in [0.5, 0.6) is 0 Å². The van der Waals surface area contributed by atoms with Gasteiger partial charge in [-0.15, -0.1) is 0 Å². The number of amides is 1. The summed E-state index contributed by atoms with van der Waals surface area (Å²) in [6.07, 6.45) is 0.471. The van der Waals surface area contributed by atoms with Crippen molar-refractivity contribution in [3.05, 3.63) is 94.2 Å². The summed E-state index contributed by atoms with van der Waals surface area (Å²) in [4.78, 5) is 19.7. The van der Waals surface area contributed by atoms with Crippen LogP contribution in [0, 0.1) is 6.92 Å². The number of para-hydroxylation sites is 3. The highest BCUT2D eigenvalue weighted by Crippen LogP contribution is 2.36. The number of carbonyl (C=O) groups excluding carboxylic acids is 1. The minimum Gasteiger partial charge on any atom is -0.323 e. The lowest BCUT2D eigenvalue weighted by atomic mass is 10.1. The molecule has 1 aliphatic rings. The van der Waals surface area contributed by atoms with Gasteiger partial charge in [0.25, 0.3) is 0 Å². The lowest BCUT2D eigenvalue weighted by Crippen LogP contribution is -2.25. The summed E-state index contributed by atoms with van der Waals surface area (Å²) < 4.78 is 3.22. The number of nitrogens with zero attached hydrogens (tertiary/aromatic N) is 3. The number of anilines is 1. The van der Waals surface area contributed by atoms with Crippen molar-refractivity contribution < 1.29 is 4.79 Å². The molecule has 1 atom stereocenters. The molecule has 150 valence electrons. The first kappa shape index (κ1) is 19.1. The van der Waals surface area contributed by atoms with Crippen LogP contribution in [0.1, 0.15) is 29.3 Å². The van der Waals surface area contributed by atoms with E-state index >= 15 is 0 Å². The molecule has 2 heterocycles. The van der Waals surface area contributed by atoms with Crippen molar-refractivity contribution >= 4 is 38.6 Å². The maximum Gasteiger partial charge on any atom is 0.227 e. The third-order valence-corrected chi connectivity index (χ3v) is 6.45. The average molecular weight is 460 g/mol. The van der Waals surface area contributed by atoms with Crippen molar-refractivity contribution in [1.82, 2.24) is 9.55 Å². The number of aryl methyl sites for hydroxylation is 1. The van der Waals surface area contributed by atoms with Crippen LogP contribution < -0.4 is 4.90 Å². The zero-order valence-electron chi connectivity index (χ0n) is 16.8. The normalized spacial score (nSPS) is 16.5. The maximum atomic E-state index is 12.9. The Morgan fingerprint density at radius 1 is 1.00 bits per heavy atom. The molecule has 4 nitrogen and oxygen atoms in total. The lowest BCUT2D eigenvalue weighted by Gasteiger charge is -2.19.